The molecule has 0 fully saturated rings. The van der Waals surface area contributed by atoms with Crippen LogP contribution in [0.5, 0.6) is 0 Å². The summed E-state index contributed by atoms with van der Waals surface area (Å²) in [6.07, 6.45) is 1.29. The van der Waals surface area contributed by atoms with Gasteiger partial charge in [0.1, 0.15) is 12.6 Å². The van der Waals surface area contributed by atoms with Crippen molar-refractivity contribution in [2.45, 2.75) is 39.8 Å². The zero-order valence-electron chi connectivity index (χ0n) is 20.1. The SMILES string of the molecule is CC[C@H](C(=O)NCC(C)C)N(Cc1ccccc1Cl)C(=O)CN(c1cc(Cl)ccc1Cl)S(C)(=O)=O. The number of carbonyl (C=O) groups is 2. The fourth-order valence-electron chi connectivity index (χ4n) is 3.42. The van der Waals surface area contributed by atoms with Gasteiger partial charge in [0.15, 0.2) is 0 Å². The molecule has 35 heavy (non-hydrogen) atoms. The number of carbonyl (C=O) groups excluding carboxylic acids is 2. The average molecular weight is 563 g/mol. The maximum atomic E-state index is 13.6. The molecule has 0 aliphatic heterocycles. The molecule has 2 aromatic rings. The van der Waals surface area contributed by atoms with Crippen LogP contribution >= 0.6 is 34.8 Å². The standard InChI is InChI=1S/C24H30Cl3N3O4S/c1-5-21(24(32)28-13-16(2)3)29(14-17-8-6-7-9-19(17)26)23(31)15-30(35(4,33)34)22-12-18(25)10-11-20(22)27/h6-12,16,21H,5,13-15H2,1-4H3,(H,28,32)/t21-/m1/s1. The minimum absolute atomic E-state index is 0.0208. The summed E-state index contributed by atoms with van der Waals surface area (Å²) in [7, 11) is -3.92. The van der Waals surface area contributed by atoms with Gasteiger partial charge < -0.3 is 10.2 Å². The van der Waals surface area contributed by atoms with E-state index >= 15 is 0 Å². The van der Waals surface area contributed by atoms with Crippen LogP contribution < -0.4 is 9.62 Å². The Morgan fingerprint density at radius 1 is 1.03 bits per heavy atom. The molecule has 7 nitrogen and oxygen atoms in total. The Kier molecular flexibility index (Phi) is 10.7. The Morgan fingerprint density at radius 2 is 1.69 bits per heavy atom. The molecule has 0 aliphatic carbocycles. The normalized spacial score (nSPS) is 12.3. The largest absolute Gasteiger partial charge is 0.354 e. The Morgan fingerprint density at radius 3 is 2.26 bits per heavy atom. The van der Waals surface area contributed by atoms with Gasteiger partial charge in [0.2, 0.25) is 21.8 Å². The van der Waals surface area contributed by atoms with E-state index in [1.807, 2.05) is 13.8 Å². The van der Waals surface area contributed by atoms with Gasteiger partial charge >= 0.3 is 0 Å². The predicted molar refractivity (Wildman–Crippen MR) is 143 cm³/mol. The number of hydrogen-bond acceptors (Lipinski definition) is 4. The van der Waals surface area contributed by atoms with Crippen molar-refractivity contribution in [1.82, 2.24) is 10.2 Å². The van der Waals surface area contributed by atoms with Crippen LogP contribution in [0.4, 0.5) is 5.69 Å². The molecule has 0 unspecified atom stereocenters. The van der Waals surface area contributed by atoms with Crippen molar-refractivity contribution in [2.24, 2.45) is 5.92 Å². The molecule has 1 N–H and O–H groups in total. The van der Waals surface area contributed by atoms with Crippen molar-refractivity contribution in [3.05, 3.63) is 63.1 Å². The minimum Gasteiger partial charge on any atom is -0.354 e. The number of rotatable bonds is 11. The fourth-order valence-corrected chi connectivity index (χ4v) is 4.91. The number of amides is 2. The van der Waals surface area contributed by atoms with Crippen molar-refractivity contribution < 1.29 is 18.0 Å². The summed E-state index contributed by atoms with van der Waals surface area (Å²) < 4.78 is 26.2. The van der Waals surface area contributed by atoms with Gasteiger partial charge in [0.05, 0.1) is 17.0 Å². The zero-order chi connectivity index (χ0) is 26.3. The van der Waals surface area contributed by atoms with E-state index in [4.69, 9.17) is 34.8 Å². The first-order valence-electron chi connectivity index (χ1n) is 11.1. The Labute approximate surface area is 222 Å². The van der Waals surface area contributed by atoms with Gasteiger partial charge in [-0.05, 0) is 42.2 Å². The molecule has 11 heteroatoms. The second kappa shape index (κ2) is 12.8. The van der Waals surface area contributed by atoms with E-state index in [0.29, 0.717) is 23.6 Å². The quantitative estimate of drug-likeness (QED) is 0.418. The molecule has 0 bridgehead atoms. The number of nitrogens with zero attached hydrogens (tertiary/aromatic N) is 2. The summed E-state index contributed by atoms with van der Waals surface area (Å²) >= 11 is 18.7. The summed E-state index contributed by atoms with van der Waals surface area (Å²) in [4.78, 5) is 28.0. The lowest BCUT2D eigenvalue weighted by Gasteiger charge is -2.33. The number of sulfonamides is 1. The first-order valence-corrected chi connectivity index (χ1v) is 14.1. The maximum absolute atomic E-state index is 13.6. The van der Waals surface area contributed by atoms with Crippen molar-refractivity contribution >= 4 is 62.3 Å². The molecule has 0 aliphatic rings. The third-order valence-electron chi connectivity index (χ3n) is 5.23. The summed E-state index contributed by atoms with van der Waals surface area (Å²) in [5.41, 5.74) is 0.703. The molecular formula is C24H30Cl3N3O4S. The first-order chi connectivity index (χ1) is 16.3. The van der Waals surface area contributed by atoms with Gasteiger partial charge in [-0.2, -0.15) is 0 Å². The van der Waals surface area contributed by atoms with E-state index < -0.39 is 28.5 Å². The molecule has 2 amide bonds. The second-order valence-electron chi connectivity index (χ2n) is 8.54. The number of halogens is 3. The molecule has 0 saturated carbocycles. The highest BCUT2D eigenvalue weighted by atomic mass is 35.5. The Hall–Kier alpha value is -2.00. The summed E-state index contributed by atoms with van der Waals surface area (Å²) in [5, 5.41) is 3.68. The second-order valence-corrected chi connectivity index (χ2v) is 11.7. The highest BCUT2D eigenvalue weighted by Crippen LogP contribution is 2.31. The Bertz CT molecular complexity index is 1160. The van der Waals surface area contributed by atoms with Crippen LogP contribution in [0.3, 0.4) is 0 Å². The van der Waals surface area contributed by atoms with E-state index in [1.165, 1.54) is 23.1 Å². The lowest BCUT2D eigenvalue weighted by Crippen LogP contribution is -2.52. The highest BCUT2D eigenvalue weighted by molar-refractivity contribution is 7.92. The summed E-state index contributed by atoms with van der Waals surface area (Å²) in [6, 6.07) is 10.5. The van der Waals surface area contributed by atoms with Crippen LogP contribution in [0, 0.1) is 5.92 Å². The molecule has 0 saturated heterocycles. The van der Waals surface area contributed by atoms with E-state index in [0.717, 1.165) is 10.6 Å². The highest BCUT2D eigenvalue weighted by Gasteiger charge is 2.32. The molecule has 0 aromatic heterocycles. The number of hydrogen-bond donors (Lipinski definition) is 1. The van der Waals surface area contributed by atoms with Gasteiger partial charge in [0.25, 0.3) is 0 Å². The number of nitrogens with one attached hydrogen (secondary N) is 1. The van der Waals surface area contributed by atoms with E-state index in [1.54, 1.807) is 31.2 Å². The van der Waals surface area contributed by atoms with E-state index in [9.17, 15) is 18.0 Å². The minimum atomic E-state index is -3.92. The van der Waals surface area contributed by atoms with Crippen LogP contribution in [0.15, 0.2) is 42.5 Å². The van der Waals surface area contributed by atoms with Gasteiger partial charge in [-0.3, -0.25) is 13.9 Å². The van der Waals surface area contributed by atoms with Gasteiger partial charge in [0, 0.05) is 23.1 Å². The molecule has 192 valence electrons. The predicted octanol–water partition coefficient (Wildman–Crippen LogP) is 4.99. The van der Waals surface area contributed by atoms with Crippen LogP contribution in [0.1, 0.15) is 32.8 Å². The molecular weight excluding hydrogens is 533 g/mol. The first kappa shape index (κ1) is 29.2. The summed E-state index contributed by atoms with van der Waals surface area (Å²) in [6.45, 7) is 5.61. The lowest BCUT2D eigenvalue weighted by atomic mass is 10.1. The van der Waals surface area contributed by atoms with Gasteiger partial charge in [-0.15, -0.1) is 0 Å². The van der Waals surface area contributed by atoms with Gasteiger partial charge in [-0.25, -0.2) is 8.42 Å². The monoisotopic (exact) mass is 561 g/mol. The van der Waals surface area contributed by atoms with Crippen molar-refractivity contribution in [3.8, 4) is 0 Å². The summed E-state index contributed by atoms with van der Waals surface area (Å²) in [5.74, 6) is -0.693. The zero-order valence-corrected chi connectivity index (χ0v) is 23.2. The van der Waals surface area contributed by atoms with Crippen LogP contribution in [0.2, 0.25) is 15.1 Å². The van der Waals surface area contributed by atoms with Crippen molar-refractivity contribution in [2.75, 3.05) is 23.7 Å². The third kappa shape index (κ3) is 8.27. The average Bonchev–Trinajstić information content (AvgIpc) is 2.78. The van der Waals surface area contributed by atoms with Crippen molar-refractivity contribution in [1.29, 1.82) is 0 Å². The number of benzene rings is 2. The van der Waals surface area contributed by atoms with Crippen LogP contribution in [0.25, 0.3) is 0 Å². The number of anilines is 1. The fraction of sp³-hybridized carbons (Fsp3) is 0.417. The molecule has 0 heterocycles. The Balaban J connectivity index is 2.48. The molecule has 2 aromatic carbocycles. The molecule has 2 rings (SSSR count). The maximum Gasteiger partial charge on any atom is 0.244 e. The van der Waals surface area contributed by atoms with E-state index in [-0.39, 0.29) is 34.1 Å². The molecule has 0 spiro atoms. The van der Waals surface area contributed by atoms with Gasteiger partial charge in [-0.1, -0.05) is 73.8 Å². The smallest absolute Gasteiger partial charge is 0.244 e. The molecule has 0 radical (unpaired) electrons. The molecule has 1 atom stereocenters. The van der Waals surface area contributed by atoms with E-state index in [2.05, 4.69) is 5.32 Å². The van der Waals surface area contributed by atoms with Crippen LogP contribution in [-0.4, -0.2) is 50.5 Å². The third-order valence-corrected chi connectivity index (χ3v) is 7.27. The van der Waals surface area contributed by atoms with Crippen LogP contribution in [-0.2, 0) is 26.2 Å². The topological polar surface area (TPSA) is 86.8 Å². The lowest BCUT2D eigenvalue weighted by molar-refractivity contribution is -0.140. The van der Waals surface area contributed by atoms with Crippen molar-refractivity contribution in [3.63, 3.8) is 0 Å².